The Balaban J connectivity index is 2.83. The zero-order valence-corrected chi connectivity index (χ0v) is 10.3. The van der Waals surface area contributed by atoms with Crippen LogP contribution in [0.5, 0.6) is 11.5 Å². The molecule has 1 N–H and O–H groups in total. The van der Waals surface area contributed by atoms with Crippen LogP contribution in [0.3, 0.4) is 0 Å². The van der Waals surface area contributed by atoms with E-state index in [1.165, 1.54) is 12.1 Å². The van der Waals surface area contributed by atoms with Crippen molar-refractivity contribution in [3.63, 3.8) is 0 Å². The maximum Gasteiger partial charge on any atom is 0.387 e. The van der Waals surface area contributed by atoms with Crippen molar-refractivity contribution in [1.29, 1.82) is 0 Å². The second-order valence-electron chi connectivity index (χ2n) is 3.64. The van der Waals surface area contributed by atoms with E-state index in [-0.39, 0.29) is 11.5 Å². The normalized spacial score (nSPS) is 11.1. The molecule has 0 fully saturated rings. The summed E-state index contributed by atoms with van der Waals surface area (Å²) < 4.78 is 57.5. The lowest BCUT2D eigenvalue weighted by Crippen LogP contribution is -2.13. The standard InChI is InChI=1S/C12H15F4NO2/c1-2-17-6-8-3-4-9(19-12(15)16)10(5-8)18-7-11(13)14/h3-5,11-12,17H,2,6-7H2,1H3. The Hall–Kier alpha value is -1.50. The van der Waals surface area contributed by atoms with Crippen LogP contribution in [0.2, 0.25) is 0 Å². The highest BCUT2D eigenvalue weighted by Gasteiger charge is 2.13. The minimum Gasteiger partial charge on any atom is -0.484 e. The summed E-state index contributed by atoms with van der Waals surface area (Å²) in [4.78, 5) is 0. The van der Waals surface area contributed by atoms with E-state index in [0.29, 0.717) is 6.54 Å². The Morgan fingerprint density at radius 2 is 1.89 bits per heavy atom. The van der Waals surface area contributed by atoms with E-state index in [1.54, 1.807) is 6.07 Å². The van der Waals surface area contributed by atoms with E-state index in [1.807, 2.05) is 6.92 Å². The molecule has 0 aliphatic heterocycles. The molecule has 7 heteroatoms. The zero-order chi connectivity index (χ0) is 14.3. The Morgan fingerprint density at radius 1 is 1.16 bits per heavy atom. The van der Waals surface area contributed by atoms with Gasteiger partial charge in [-0.25, -0.2) is 8.78 Å². The summed E-state index contributed by atoms with van der Waals surface area (Å²) in [5.74, 6) is -0.369. The lowest BCUT2D eigenvalue weighted by atomic mass is 10.2. The monoisotopic (exact) mass is 281 g/mol. The van der Waals surface area contributed by atoms with Gasteiger partial charge in [-0.2, -0.15) is 8.78 Å². The molecule has 108 valence electrons. The van der Waals surface area contributed by atoms with Crippen LogP contribution in [0.15, 0.2) is 18.2 Å². The number of benzene rings is 1. The van der Waals surface area contributed by atoms with E-state index in [2.05, 4.69) is 10.1 Å². The maximum absolute atomic E-state index is 12.2. The van der Waals surface area contributed by atoms with Gasteiger partial charge in [0.15, 0.2) is 11.5 Å². The molecule has 1 rings (SSSR count). The highest BCUT2D eigenvalue weighted by molar-refractivity contribution is 5.43. The molecule has 1 aromatic rings. The van der Waals surface area contributed by atoms with E-state index >= 15 is 0 Å². The quantitative estimate of drug-likeness (QED) is 0.743. The first-order chi connectivity index (χ1) is 9.02. The fourth-order valence-electron chi connectivity index (χ4n) is 1.39. The summed E-state index contributed by atoms with van der Waals surface area (Å²) in [6, 6.07) is 4.25. The molecule has 0 aromatic heterocycles. The van der Waals surface area contributed by atoms with Crippen molar-refractivity contribution >= 4 is 0 Å². The molecule has 0 saturated carbocycles. The van der Waals surface area contributed by atoms with E-state index < -0.39 is 19.6 Å². The van der Waals surface area contributed by atoms with Gasteiger partial charge in [-0.05, 0) is 24.2 Å². The third-order valence-corrected chi connectivity index (χ3v) is 2.17. The summed E-state index contributed by atoms with van der Waals surface area (Å²) in [7, 11) is 0. The molecule has 0 aliphatic carbocycles. The van der Waals surface area contributed by atoms with Gasteiger partial charge in [0.1, 0.15) is 6.61 Å². The van der Waals surface area contributed by atoms with Gasteiger partial charge in [-0.1, -0.05) is 13.0 Å². The van der Waals surface area contributed by atoms with Crippen LogP contribution in [-0.4, -0.2) is 26.2 Å². The van der Waals surface area contributed by atoms with E-state index in [0.717, 1.165) is 12.1 Å². The van der Waals surface area contributed by atoms with Gasteiger partial charge in [0.25, 0.3) is 6.43 Å². The molecule has 0 radical (unpaired) electrons. The van der Waals surface area contributed by atoms with Gasteiger partial charge in [0.05, 0.1) is 0 Å². The van der Waals surface area contributed by atoms with Gasteiger partial charge >= 0.3 is 6.61 Å². The molecule has 19 heavy (non-hydrogen) atoms. The molecule has 0 atom stereocenters. The lowest BCUT2D eigenvalue weighted by Gasteiger charge is -2.13. The molecule has 0 saturated heterocycles. The molecule has 0 heterocycles. The molecule has 0 unspecified atom stereocenters. The number of nitrogens with one attached hydrogen (secondary N) is 1. The van der Waals surface area contributed by atoms with Crippen molar-refractivity contribution in [1.82, 2.24) is 5.32 Å². The van der Waals surface area contributed by atoms with Crippen LogP contribution in [0.4, 0.5) is 17.6 Å². The molecule has 0 bridgehead atoms. The van der Waals surface area contributed by atoms with E-state index in [9.17, 15) is 17.6 Å². The molecule has 3 nitrogen and oxygen atoms in total. The fourth-order valence-corrected chi connectivity index (χ4v) is 1.39. The highest BCUT2D eigenvalue weighted by Crippen LogP contribution is 2.30. The van der Waals surface area contributed by atoms with Gasteiger partial charge in [0, 0.05) is 6.54 Å². The van der Waals surface area contributed by atoms with Crippen molar-refractivity contribution in [2.24, 2.45) is 0 Å². The van der Waals surface area contributed by atoms with Crippen molar-refractivity contribution in [3.05, 3.63) is 23.8 Å². The van der Waals surface area contributed by atoms with Crippen molar-refractivity contribution in [2.45, 2.75) is 26.5 Å². The third kappa shape index (κ3) is 5.78. The Bertz CT molecular complexity index is 388. The smallest absolute Gasteiger partial charge is 0.387 e. The predicted octanol–water partition coefficient (Wildman–Crippen LogP) is 3.04. The topological polar surface area (TPSA) is 30.5 Å². The fraction of sp³-hybridized carbons (Fsp3) is 0.500. The van der Waals surface area contributed by atoms with Crippen LogP contribution >= 0.6 is 0 Å². The number of rotatable bonds is 8. The van der Waals surface area contributed by atoms with Crippen LogP contribution in [-0.2, 0) is 6.54 Å². The summed E-state index contributed by atoms with van der Waals surface area (Å²) in [5, 5.41) is 3.02. The Kier molecular flexibility index (Phi) is 6.41. The first kappa shape index (κ1) is 15.6. The average Bonchev–Trinajstić information content (AvgIpc) is 2.35. The largest absolute Gasteiger partial charge is 0.484 e. The number of alkyl halides is 4. The van der Waals surface area contributed by atoms with Gasteiger partial charge < -0.3 is 14.8 Å². The summed E-state index contributed by atoms with van der Waals surface area (Å²) in [5.41, 5.74) is 0.729. The number of hydrogen-bond acceptors (Lipinski definition) is 3. The SMILES string of the molecule is CCNCc1ccc(OC(F)F)c(OCC(F)F)c1. The van der Waals surface area contributed by atoms with Crippen LogP contribution in [0.25, 0.3) is 0 Å². The molecular formula is C12H15F4NO2. The molecular weight excluding hydrogens is 266 g/mol. The maximum atomic E-state index is 12.2. The van der Waals surface area contributed by atoms with Gasteiger partial charge in [0.2, 0.25) is 0 Å². The van der Waals surface area contributed by atoms with Gasteiger partial charge in [-0.3, -0.25) is 0 Å². The lowest BCUT2D eigenvalue weighted by molar-refractivity contribution is -0.0520. The first-order valence-electron chi connectivity index (χ1n) is 5.72. The number of ether oxygens (including phenoxy) is 2. The molecule has 0 spiro atoms. The van der Waals surface area contributed by atoms with Crippen molar-refractivity contribution in [3.8, 4) is 11.5 Å². The van der Waals surface area contributed by atoms with Crippen LogP contribution < -0.4 is 14.8 Å². The number of halogens is 4. The zero-order valence-electron chi connectivity index (χ0n) is 10.3. The Morgan fingerprint density at radius 3 is 2.47 bits per heavy atom. The molecule has 0 amide bonds. The Labute approximate surface area is 108 Å². The second-order valence-corrected chi connectivity index (χ2v) is 3.64. The van der Waals surface area contributed by atoms with Crippen molar-refractivity contribution in [2.75, 3.05) is 13.2 Å². The third-order valence-electron chi connectivity index (χ3n) is 2.17. The van der Waals surface area contributed by atoms with Crippen LogP contribution in [0, 0.1) is 0 Å². The predicted molar refractivity (Wildman–Crippen MR) is 62.0 cm³/mol. The van der Waals surface area contributed by atoms with Gasteiger partial charge in [-0.15, -0.1) is 0 Å². The summed E-state index contributed by atoms with van der Waals surface area (Å²) in [6.45, 7) is -0.792. The van der Waals surface area contributed by atoms with Crippen molar-refractivity contribution < 1.29 is 27.0 Å². The summed E-state index contributed by atoms with van der Waals surface area (Å²) in [6.07, 6.45) is -2.68. The summed E-state index contributed by atoms with van der Waals surface area (Å²) >= 11 is 0. The molecule has 0 aliphatic rings. The van der Waals surface area contributed by atoms with E-state index in [4.69, 9.17) is 4.74 Å². The minimum absolute atomic E-state index is 0.115. The molecule has 1 aromatic carbocycles. The average molecular weight is 281 g/mol. The second kappa shape index (κ2) is 7.83. The van der Waals surface area contributed by atoms with Crippen LogP contribution in [0.1, 0.15) is 12.5 Å². The number of hydrogen-bond donors (Lipinski definition) is 1. The first-order valence-corrected chi connectivity index (χ1v) is 5.72. The highest BCUT2D eigenvalue weighted by atomic mass is 19.3. The minimum atomic E-state index is -3.03.